The summed E-state index contributed by atoms with van der Waals surface area (Å²) in [7, 11) is -1.74. The molecule has 0 aromatic heterocycles. The molecule has 2 fully saturated rings. The largest absolute Gasteiger partial charge is 0.414 e. The number of carbonyl (C=O) groups is 3. The summed E-state index contributed by atoms with van der Waals surface area (Å²) in [5, 5.41) is 5.62. The van der Waals surface area contributed by atoms with Crippen molar-refractivity contribution in [2.24, 2.45) is 11.8 Å². The van der Waals surface area contributed by atoms with Crippen molar-refractivity contribution < 1.29 is 18.8 Å². The van der Waals surface area contributed by atoms with Crippen LogP contribution in [0.5, 0.6) is 0 Å². The van der Waals surface area contributed by atoms with Crippen molar-refractivity contribution in [3.63, 3.8) is 0 Å². The Kier molecular flexibility index (Phi) is 5.58. The van der Waals surface area contributed by atoms with Crippen molar-refractivity contribution in [2.75, 3.05) is 6.54 Å². The van der Waals surface area contributed by atoms with Gasteiger partial charge in [-0.05, 0) is 26.6 Å². The first-order chi connectivity index (χ1) is 10.6. The van der Waals surface area contributed by atoms with Gasteiger partial charge in [0.05, 0.1) is 18.1 Å². The molecule has 0 spiro atoms. The zero-order valence-corrected chi connectivity index (χ0v) is 16.2. The SMILES string of the molecule is C[C@@H](O[Si](C)(C)C)[C@H]1C(=O)N[C@@H]1[C@@H](C)C(=O)S[C@H]1CNC(=O)C1. The lowest BCUT2D eigenvalue weighted by Crippen LogP contribution is -2.66. The van der Waals surface area contributed by atoms with Gasteiger partial charge in [-0.25, -0.2) is 0 Å². The highest BCUT2D eigenvalue weighted by atomic mass is 32.2. The van der Waals surface area contributed by atoms with E-state index in [2.05, 4.69) is 30.3 Å². The van der Waals surface area contributed by atoms with Gasteiger partial charge < -0.3 is 15.1 Å². The second-order valence-corrected chi connectivity index (χ2v) is 13.1. The third-order valence-electron chi connectivity index (χ3n) is 4.18. The molecule has 130 valence electrons. The highest BCUT2D eigenvalue weighted by Gasteiger charge is 2.48. The van der Waals surface area contributed by atoms with Crippen molar-refractivity contribution in [2.45, 2.75) is 57.3 Å². The monoisotopic (exact) mass is 358 g/mol. The molecule has 0 aromatic rings. The van der Waals surface area contributed by atoms with E-state index in [-0.39, 0.29) is 46.2 Å². The molecule has 2 N–H and O–H groups in total. The maximum atomic E-state index is 12.4. The minimum absolute atomic E-state index is 0.00216. The molecule has 0 unspecified atom stereocenters. The molecule has 0 radical (unpaired) electrons. The van der Waals surface area contributed by atoms with Gasteiger partial charge in [0.25, 0.3) is 0 Å². The van der Waals surface area contributed by atoms with Gasteiger partial charge in [0, 0.05) is 24.1 Å². The molecule has 0 aromatic carbocycles. The molecule has 0 aliphatic carbocycles. The molecule has 2 saturated heterocycles. The lowest BCUT2D eigenvalue weighted by molar-refractivity contribution is -0.142. The number of nitrogens with one attached hydrogen (secondary N) is 2. The van der Waals surface area contributed by atoms with Crippen LogP contribution in [-0.2, 0) is 18.8 Å². The van der Waals surface area contributed by atoms with Crippen LogP contribution in [0.3, 0.4) is 0 Å². The van der Waals surface area contributed by atoms with Crippen LogP contribution in [0.1, 0.15) is 20.3 Å². The first-order valence-electron chi connectivity index (χ1n) is 8.04. The van der Waals surface area contributed by atoms with Gasteiger partial charge in [-0.1, -0.05) is 18.7 Å². The van der Waals surface area contributed by atoms with E-state index in [1.807, 2.05) is 13.8 Å². The van der Waals surface area contributed by atoms with Crippen molar-refractivity contribution >= 4 is 37.0 Å². The van der Waals surface area contributed by atoms with Gasteiger partial charge in [0.2, 0.25) is 11.8 Å². The second-order valence-electron chi connectivity index (χ2n) is 7.35. The highest BCUT2D eigenvalue weighted by Crippen LogP contribution is 2.32. The number of β-lactam (4-membered cyclic amide) rings is 1. The van der Waals surface area contributed by atoms with Gasteiger partial charge in [-0.15, -0.1) is 0 Å². The number of amides is 2. The quantitative estimate of drug-likeness (QED) is 0.549. The Morgan fingerprint density at radius 2 is 1.96 bits per heavy atom. The maximum absolute atomic E-state index is 12.4. The van der Waals surface area contributed by atoms with Gasteiger partial charge in [0.15, 0.2) is 13.4 Å². The number of rotatable bonds is 6. The zero-order valence-electron chi connectivity index (χ0n) is 14.3. The molecular formula is C15H26N2O4SSi. The predicted molar refractivity (Wildman–Crippen MR) is 92.5 cm³/mol. The van der Waals surface area contributed by atoms with Crippen molar-refractivity contribution in [1.29, 1.82) is 0 Å². The smallest absolute Gasteiger partial charge is 0.228 e. The fourth-order valence-electron chi connectivity index (χ4n) is 3.07. The lowest BCUT2D eigenvalue weighted by atomic mass is 9.79. The number of hydrogen-bond donors (Lipinski definition) is 2. The summed E-state index contributed by atoms with van der Waals surface area (Å²) in [4.78, 5) is 35.6. The Balaban J connectivity index is 1.92. The molecular weight excluding hydrogens is 332 g/mol. The molecule has 0 bridgehead atoms. The molecule has 23 heavy (non-hydrogen) atoms. The van der Waals surface area contributed by atoms with Gasteiger partial charge >= 0.3 is 0 Å². The number of hydrogen-bond acceptors (Lipinski definition) is 5. The van der Waals surface area contributed by atoms with Crippen LogP contribution in [0.2, 0.25) is 19.6 Å². The Morgan fingerprint density at radius 3 is 2.43 bits per heavy atom. The van der Waals surface area contributed by atoms with E-state index in [4.69, 9.17) is 4.43 Å². The Labute approximate surface area is 142 Å². The van der Waals surface area contributed by atoms with Crippen LogP contribution >= 0.6 is 11.8 Å². The van der Waals surface area contributed by atoms with E-state index >= 15 is 0 Å². The Hall–Kier alpha value is -0.863. The molecule has 2 heterocycles. The zero-order chi connectivity index (χ0) is 17.4. The Bertz CT molecular complexity index is 508. The van der Waals surface area contributed by atoms with E-state index in [1.165, 1.54) is 11.8 Å². The molecule has 2 aliphatic rings. The van der Waals surface area contributed by atoms with E-state index in [9.17, 15) is 14.4 Å². The molecule has 8 heteroatoms. The van der Waals surface area contributed by atoms with E-state index in [0.717, 1.165) is 0 Å². The summed E-state index contributed by atoms with van der Waals surface area (Å²) in [5.74, 6) is -0.603. The minimum Gasteiger partial charge on any atom is -0.414 e. The third-order valence-corrected chi connectivity index (χ3v) is 6.53. The van der Waals surface area contributed by atoms with Crippen LogP contribution in [0.25, 0.3) is 0 Å². The Morgan fingerprint density at radius 1 is 1.30 bits per heavy atom. The van der Waals surface area contributed by atoms with Crippen molar-refractivity contribution in [1.82, 2.24) is 10.6 Å². The van der Waals surface area contributed by atoms with Crippen molar-refractivity contribution in [3.8, 4) is 0 Å². The fourth-order valence-corrected chi connectivity index (χ4v) is 5.42. The standard InChI is InChI=1S/C15H26N2O4SSi/c1-8(15(20)22-10-6-11(18)16-7-10)13-12(14(19)17-13)9(2)21-23(3,4)5/h8-10,12-13H,6-7H2,1-5H3,(H,16,18)(H,17,19)/t8-,9-,10-,12-,13-/m1/s1. The fraction of sp³-hybridized carbons (Fsp3) is 0.800. The second kappa shape index (κ2) is 6.94. The van der Waals surface area contributed by atoms with Gasteiger partial charge in [-0.2, -0.15) is 0 Å². The molecule has 2 amide bonds. The molecule has 2 aliphatic heterocycles. The average Bonchev–Trinajstić information content (AvgIpc) is 2.77. The maximum Gasteiger partial charge on any atom is 0.228 e. The van der Waals surface area contributed by atoms with Crippen LogP contribution in [0.15, 0.2) is 0 Å². The number of thioether (sulfide) groups is 1. The highest BCUT2D eigenvalue weighted by molar-refractivity contribution is 8.14. The van der Waals surface area contributed by atoms with Crippen LogP contribution < -0.4 is 10.6 Å². The summed E-state index contributed by atoms with van der Waals surface area (Å²) in [6, 6.07) is -0.182. The van der Waals surface area contributed by atoms with E-state index in [0.29, 0.717) is 13.0 Å². The van der Waals surface area contributed by atoms with Crippen LogP contribution in [0.4, 0.5) is 0 Å². The van der Waals surface area contributed by atoms with Crippen LogP contribution in [0, 0.1) is 11.8 Å². The van der Waals surface area contributed by atoms with E-state index in [1.54, 1.807) is 0 Å². The summed E-state index contributed by atoms with van der Waals surface area (Å²) in [5.41, 5.74) is 0. The minimum atomic E-state index is -1.74. The normalized spacial score (nSPS) is 30.2. The first kappa shape index (κ1) is 18.5. The summed E-state index contributed by atoms with van der Waals surface area (Å²) >= 11 is 1.22. The van der Waals surface area contributed by atoms with Crippen LogP contribution in [-0.4, -0.2) is 49.2 Å². The lowest BCUT2D eigenvalue weighted by Gasteiger charge is -2.44. The molecule has 2 rings (SSSR count). The molecule has 5 atom stereocenters. The summed E-state index contributed by atoms with van der Waals surface area (Å²) < 4.78 is 6.02. The molecule has 6 nitrogen and oxygen atoms in total. The molecule has 0 saturated carbocycles. The van der Waals surface area contributed by atoms with Gasteiger partial charge in [-0.3, -0.25) is 14.4 Å². The summed E-state index contributed by atoms with van der Waals surface area (Å²) in [6.45, 7) is 10.6. The number of carbonyl (C=O) groups excluding carboxylic acids is 3. The summed E-state index contributed by atoms with van der Waals surface area (Å²) in [6.07, 6.45) is 0.203. The average molecular weight is 359 g/mol. The predicted octanol–water partition coefficient (Wildman–Crippen LogP) is 1.13. The first-order valence-corrected chi connectivity index (χ1v) is 12.3. The topological polar surface area (TPSA) is 84.5 Å². The van der Waals surface area contributed by atoms with Gasteiger partial charge in [0.1, 0.15) is 0 Å². The third kappa shape index (κ3) is 4.57. The van der Waals surface area contributed by atoms with Crippen molar-refractivity contribution in [3.05, 3.63) is 0 Å². The van der Waals surface area contributed by atoms with E-state index < -0.39 is 8.32 Å².